The molecule has 0 spiro atoms. The first-order chi connectivity index (χ1) is 7.72. The first-order valence-electron chi connectivity index (χ1n) is 6.11. The van der Waals surface area contributed by atoms with Crippen molar-refractivity contribution in [1.29, 1.82) is 0 Å². The van der Waals surface area contributed by atoms with Crippen LogP contribution in [0.5, 0.6) is 0 Å². The molecule has 0 bridgehead atoms. The Morgan fingerprint density at radius 1 is 1.12 bits per heavy atom. The van der Waals surface area contributed by atoms with Gasteiger partial charge in [0.1, 0.15) is 0 Å². The summed E-state index contributed by atoms with van der Waals surface area (Å²) in [7, 11) is -1.60. The van der Waals surface area contributed by atoms with Gasteiger partial charge in [-0.3, -0.25) is 0 Å². The van der Waals surface area contributed by atoms with Gasteiger partial charge in [-0.25, -0.2) is 0 Å². The van der Waals surface area contributed by atoms with Crippen LogP contribution < -0.4 is 0 Å². The topological polar surface area (TPSA) is 9.23 Å². The maximum Gasteiger partial charge on any atom is 0.191 e. The lowest BCUT2D eigenvalue weighted by Crippen LogP contribution is -2.41. The minimum atomic E-state index is -1.60. The normalized spacial score (nSPS) is 12.8. The van der Waals surface area contributed by atoms with Crippen molar-refractivity contribution in [3.63, 3.8) is 0 Å². The van der Waals surface area contributed by atoms with Crippen LogP contribution in [0.15, 0.2) is 24.3 Å². The number of hydrogen-bond donors (Lipinski definition) is 0. The number of benzene rings is 1. The van der Waals surface area contributed by atoms with Gasteiger partial charge in [-0.2, -0.15) is 0 Å². The molecule has 3 heteroatoms. The third-order valence-electron chi connectivity index (χ3n) is 3.57. The quantitative estimate of drug-likeness (QED) is 0.707. The van der Waals surface area contributed by atoms with Gasteiger partial charge in [-0.05, 0) is 42.2 Å². The van der Waals surface area contributed by atoms with Crippen LogP contribution in [0, 0.1) is 0 Å². The van der Waals surface area contributed by atoms with Crippen LogP contribution in [0.25, 0.3) is 0 Å². The highest BCUT2D eigenvalue weighted by atomic mass is 35.5. The minimum absolute atomic E-state index is 0.285. The Morgan fingerprint density at radius 2 is 1.65 bits per heavy atom. The van der Waals surface area contributed by atoms with Crippen molar-refractivity contribution in [3.05, 3.63) is 34.9 Å². The lowest BCUT2D eigenvalue weighted by molar-refractivity contribution is 0.292. The number of halogens is 1. The summed E-state index contributed by atoms with van der Waals surface area (Å²) in [5.41, 5.74) is 1.29. The highest BCUT2D eigenvalue weighted by molar-refractivity contribution is 6.74. The van der Waals surface area contributed by atoms with E-state index in [1.807, 2.05) is 12.1 Å². The van der Waals surface area contributed by atoms with Gasteiger partial charge < -0.3 is 4.43 Å². The number of rotatable bonds is 4. The predicted molar refractivity (Wildman–Crippen MR) is 78.3 cm³/mol. The van der Waals surface area contributed by atoms with Crippen molar-refractivity contribution in [1.82, 2.24) is 0 Å². The summed E-state index contributed by atoms with van der Waals surface area (Å²) in [4.78, 5) is 0. The molecule has 0 saturated carbocycles. The van der Waals surface area contributed by atoms with Gasteiger partial charge in [0.25, 0.3) is 0 Å². The Morgan fingerprint density at radius 3 is 2.12 bits per heavy atom. The van der Waals surface area contributed by atoms with Crippen LogP contribution in [-0.2, 0) is 10.8 Å². The molecule has 0 aliphatic carbocycles. The zero-order chi connectivity index (χ0) is 13.1. The van der Waals surface area contributed by atoms with Crippen molar-refractivity contribution in [2.45, 2.75) is 45.3 Å². The van der Waals surface area contributed by atoms with E-state index in [2.05, 4.69) is 46.0 Å². The summed E-state index contributed by atoms with van der Waals surface area (Å²) in [5.74, 6) is 0. The molecule has 1 rings (SSSR count). The van der Waals surface area contributed by atoms with E-state index in [9.17, 15) is 0 Å². The Hall–Kier alpha value is -0.313. The van der Waals surface area contributed by atoms with Crippen molar-refractivity contribution < 1.29 is 4.43 Å². The van der Waals surface area contributed by atoms with Crippen molar-refractivity contribution in [2.24, 2.45) is 0 Å². The molecule has 0 heterocycles. The Balaban J connectivity index is 2.45. The van der Waals surface area contributed by atoms with Crippen LogP contribution >= 0.6 is 11.6 Å². The molecule has 0 amide bonds. The predicted octanol–water partition coefficient (Wildman–Crippen LogP) is 4.90. The third kappa shape index (κ3) is 4.45. The second-order valence-corrected chi connectivity index (χ2v) is 11.2. The second-order valence-electron chi connectivity index (χ2n) is 5.99. The third-order valence-corrected chi connectivity index (χ3v) is 8.36. The molecule has 0 atom stereocenters. The average Bonchev–Trinajstić information content (AvgIpc) is 2.19. The van der Waals surface area contributed by atoms with Crippen molar-refractivity contribution >= 4 is 19.9 Å². The lowest BCUT2D eigenvalue weighted by atomic mass is 10.2. The van der Waals surface area contributed by atoms with Gasteiger partial charge >= 0.3 is 0 Å². The molecule has 1 nitrogen and oxygen atoms in total. The largest absolute Gasteiger partial charge is 0.416 e. The van der Waals surface area contributed by atoms with E-state index in [1.165, 1.54) is 5.56 Å². The van der Waals surface area contributed by atoms with Gasteiger partial charge in [0.05, 0.1) is 0 Å². The maximum atomic E-state index is 6.13. The summed E-state index contributed by atoms with van der Waals surface area (Å²) in [6.07, 6.45) is 0.962. The van der Waals surface area contributed by atoms with Gasteiger partial charge in [-0.1, -0.05) is 44.5 Å². The smallest absolute Gasteiger partial charge is 0.191 e. The first kappa shape index (κ1) is 14.7. The SMILES string of the molecule is CC(C)(C)[Si](C)(C)OCCc1ccc(Cl)cc1. The van der Waals surface area contributed by atoms with E-state index in [-0.39, 0.29) is 5.04 Å². The Labute approximate surface area is 111 Å². The van der Waals surface area contributed by atoms with Gasteiger partial charge in [0, 0.05) is 11.6 Å². The summed E-state index contributed by atoms with van der Waals surface area (Å²) in [6, 6.07) is 8.00. The van der Waals surface area contributed by atoms with E-state index >= 15 is 0 Å². The highest BCUT2D eigenvalue weighted by Crippen LogP contribution is 2.36. The minimum Gasteiger partial charge on any atom is -0.416 e. The Bertz CT molecular complexity index is 351. The maximum absolute atomic E-state index is 6.13. The van der Waals surface area contributed by atoms with Crippen LogP contribution in [0.1, 0.15) is 26.3 Å². The fourth-order valence-electron chi connectivity index (χ4n) is 1.29. The summed E-state index contributed by atoms with van der Waals surface area (Å²) >= 11 is 5.85. The van der Waals surface area contributed by atoms with Crippen molar-refractivity contribution in [3.8, 4) is 0 Å². The second kappa shape index (κ2) is 5.55. The molecule has 1 aromatic carbocycles. The highest BCUT2D eigenvalue weighted by Gasteiger charge is 2.36. The molecule has 0 radical (unpaired) electrons. The lowest BCUT2D eigenvalue weighted by Gasteiger charge is -2.36. The van der Waals surface area contributed by atoms with E-state index in [0.29, 0.717) is 0 Å². The number of hydrogen-bond acceptors (Lipinski definition) is 1. The molecule has 0 aliphatic rings. The first-order valence-corrected chi connectivity index (χ1v) is 9.39. The van der Waals surface area contributed by atoms with Gasteiger partial charge in [0.2, 0.25) is 0 Å². The monoisotopic (exact) mass is 270 g/mol. The molecule has 0 aliphatic heterocycles. The van der Waals surface area contributed by atoms with Gasteiger partial charge in [-0.15, -0.1) is 0 Å². The molecule has 96 valence electrons. The standard InChI is InChI=1S/C14H23ClOSi/c1-14(2,3)17(4,5)16-11-10-12-6-8-13(15)9-7-12/h6-9H,10-11H2,1-5H3. The fraction of sp³-hybridized carbons (Fsp3) is 0.571. The molecule has 0 saturated heterocycles. The van der Waals surface area contributed by atoms with Crippen LogP contribution in [0.4, 0.5) is 0 Å². The zero-order valence-corrected chi connectivity index (χ0v) is 13.3. The molecule has 0 unspecified atom stereocenters. The summed E-state index contributed by atoms with van der Waals surface area (Å²) < 4.78 is 6.13. The van der Waals surface area contributed by atoms with Crippen LogP contribution in [-0.4, -0.2) is 14.9 Å². The summed E-state index contributed by atoms with van der Waals surface area (Å²) in [5, 5.41) is 1.08. The molecular weight excluding hydrogens is 248 g/mol. The molecule has 1 aromatic rings. The van der Waals surface area contributed by atoms with E-state index in [4.69, 9.17) is 16.0 Å². The fourth-order valence-corrected chi connectivity index (χ4v) is 2.46. The zero-order valence-electron chi connectivity index (χ0n) is 11.5. The van der Waals surface area contributed by atoms with E-state index in [1.54, 1.807) is 0 Å². The molecular formula is C14H23ClOSi. The molecule has 0 aromatic heterocycles. The molecule has 0 N–H and O–H groups in total. The van der Waals surface area contributed by atoms with Crippen LogP contribution in [0.2, 0.25) is 23.2 Å². The van der Waals surface area contributed by atoms with Crippen LogP contribution in [0.3, 0.4) is 0 Å². The molecule has 0 fully saturated rings. The average molecular weight is 271 g/mol. The van der Waals surface area contributed by atoms with Crippen molar-refractivity contribution in [2.75, 3.05) is 6.61 Å². The summed E-state index contributed by atoms with van der Waals surface area (Å²) in [6.45, 7) is 12.2. The van der Waals surface area contributed by atoms with E-state index < -0.39 is 8.32 Å². The van der Waals surface area contributed by atoms with Gasteiger partial charge in [0.15, 0.2) is 8.32 Å². The van der Waals surface area contributed by atoms with E-state index in [0.717, 1.165) is 18.1 Å². The molecule has 17 heavy (non-hydrogen) atoms. The Kier molecular flexibility index (Phi) is 4.82.